The highest BCUT2D eigenvalue weighted by atomic mass is 16.5. The van der Waals surface area contributed by atoms with Crippen molar-refractivity contribution in [3.05, 3.63) is 46.8 Å². The van der Waals surface area contributed by atoms with Crippen LogP contribution in [0.2, 0.25) is 0 Å². The van der Waals surface area contributed by atoms with Gasteiger partial charge in [-0.2, -0.15) is 0 Å². The number of hydrogen-bond acceptors (Lipinski definition) is 7. The molecule has 0 spiro atoms. The Balaban J connectivity index is 1.66. The quantitative estimate of drug-likeness (QED) is 0.594. The first-order valence-corrected chi connectivity index (χ1v) is 11.5. The Morgan fingerprint density at radius 3 is 2.38 bits per heavy atom. The largest absolute Gasteiger partial charge is 0.497 e. The smallest absolute Gasteiger partial charge is 0.323 e. The number of carbonyl (C=O) groups is 1. The van der Waals surface area contributed by atoms with E-state index in [1.54, 1.807) is 18.2 Å². The number of nitrogens with zero attached hydrogens (tertiary/aromatic N) is 4. The Labute approximate surface area is 197 Å². The molecular formula is C25H28N4O5. The summed E-state index contributed by atoms with van der Waals surface area (Å²) in [4.78, 5) is 34.9. The van der Waals surface area contributed by atoms with Crippen molar-refractivity contribution in [2.75, 3.05) is 45.3 Å². The molecular weight excluding hydrogens is 436 g/mol. The number of fused-ring (bicyclic) bond motifs is 5. The number of benzene rings is 2. The summed E-state index contributed by atoms with van der Waals surface area (Å²) in [6, 6.07) is 11.3. The summed E-state index contributed by atoms with van der Waals surface area (Å²) in [5.74, 6) is 0.181. The molecule has 0 atom stereocenters. The van der Waals surface area contributed by atoms with Crippen LogP contribution in [0.25, 0.3) is 22.3 Å². The van der Waals surface area contributed by atoms with Gasteiger partial charge in [0.25, 0.3) is 5.56 Å². The Morgan fingerprint density at radius 1 is 1.03 bits per heavy atom. The molecule has 1 N–H and O–H groups in total. The Kier molecular flexibility index (Phi) is 5.87. The molecule has 0 radical (unpaired) electrons. The summed E-state index contributed by atoms with van der Waals surface area (Å²) >= 11 is 0. The molecule has 4 heterocycles. The summed E-state index contributed by atoms with van der Waals surface area (Å²) < 4.78 is 11.9. The van der Waals surface area contributed by atoms with Gasteiger partial charge in [-0.15, -0.1) is 0 Å². The average molecular weight is 465 g/mol. The Morgan fingerprint density at radius 2 is 1.74 bits per heavy atom. The lowest BCUT2D eigenvalue weighted by Gasteiger charge is -2.33. The number of methoxy groups -OCH3 is 2. The Bertz CT molecular complexity index is 1270. The van der Waals surface area contributed by atoms with Gasteiger partial charge in [0.05, 0.1) is 25.1 Å². The maximum Gasteiger partial charge on any atom is 0.323 e. The van der Waals surface area contributed by atoms with E-state index < -0.39 is 12.5 Å². The summed E-state index contributed by atoms with van der Waals surface area (Å²) in [6.45, 7) is 3.63. The zero-order valence-electron chi connectivity index (χ0n) is 19.4. The van der Waals surface area contributed by atoms with Crippen LogP contribution in [0.4, 0.5) is 5.69 Å². The molecule has 0 aliphatic carbocycles. The number of rotatable bonds is 6. The maximum atomic E-state index is 13.6. The molecule has 3 saturated heterocycles. The molecule has 3 aliphatic rings. The predicted octanol–water partition coefficient (Wildman–Crippen LogP) is 2.45. The number of aromatic nitrogens is 2. The van der Waals surface area contributed by atoms with Crippen molar-refractivity contribution in [1.29, 1.82) is 0 Å². The zero-order chi connectivity index (χ0) is 23.8. The van der Waals surface area contributed by atoms with Crippen LogP contribution in [0, 0.1) is 0 Å². The van der Waals surface area contributed by atoms with Crippen LogP contribution in [-0.2, 0) is 11.3 Å². The highest BCUT2D eigenvalue weighted by Crippen LogP contribution is 2.31. The first-order valence-electron chi connectivity index (χ1n) is 11.5. The SMILES string of the molecule is COc1cc(OC)cc(-c2nc3ccc(N4CCN5CCC4CC5)cc3c(=O)n2CC(=O)O)c1. The summed E-state index contributed by atoms with van der Waals surface area (Å²) in [7, 11) is 3.06. The van der Waals surface area contributed by atoms with E-state index in [2.05, 4.69) is 9.80 Å². The molecule has 0 amide bonds. The van der Waals surface area contributed by atoms with Crippen molar-refractivity contribution in [1.82, 2.24) is 14.5 Å². The van der Waals surface area contributed by atoms with Crippen LogP contribution in [0.1, 0.15) is 12.8 Å². The number of hydrogen-bond donors (Lipinski definition) is 1. The van der Waals surface area contributed by atoms with Gasteiger partial charge in [0, 0.05) is 49.5 Å². The van der Waals surface area contributed by atoms with Crippen LogP contribution in [-0.4, -0.2) is 72.0 Å². The predicted molar refractivity (Wildman–Crippen MR) is 129 cm³/mol. The van der Waals surface area contributed by atoms with E-state index in [-0.39, 0.29) is 11.4 Å². The third kappa shape index (κ3) is 4.07. The van der Waals surface area contributed by atoms with Crippen molar-refractivity contribution in [3.8, 4) is 22.9 Å². The van der Waals surface area contributed by atoms with Gasteiger partial charge in [-0.3, -0.25) is 14.2 Å². The minimum Gasteiger partial charge on any atom is -0.497 e. The molecule has 9 heteroatoms. The van der Waals surface area contributed by atoms with Crippen LogP contribution in [0.3, 0.4) is 0 Å². The number of carboxylic acid groups (broad SMARTS) is 1. The van der Waals surface area contributed by atoms with Crippen molar-refractivity contribution in [2.45, 2.75) is 25.4 Å². The molecule has 9 nitrogen and oxygen atoms in total. The standard InChI is InChI=1S/C25H28N4O5/c1-33-19-11-16(12-20(14-19)34-2)24-26-22-4-3-18(13-21(22)25(32)29(24)15-23(30)31)28-10-9-27-7-5-17(28)6-8-27/h3-4,11-14,17H,5-10,15H2,1-2H3,(H,30,31). The molecule has 34 heavy (non-hydrogen) atoms. The summed E-state index contributed by atoms with van der Waals surface area (Å²) in [5.41, 5.74) is 1.67. The molecule has 1 aromatic heterocycles. The molecule has 3 fully saturated rings. The topological polar surface area (TPSA) is 97.1 Å². The monoisotopic (exact) mass is 464 g/mol. The molecule has 0 saturated carbocycles. The van der Waals surface area contributed by atoms with Gasteiger partial charge in [0.15, 0.2) is 0 Å². The number of anilines is 1. The molecule has 6 rings (SSSR count). The second-order valence-electron chi connectivity index (χ2n) is 8.79. The van der Waals surface area contributed by atoms with Crippen molar-refractivity contribution < 1.29 is 19.4 Å². The molecule has 3 aromatic rings. The molecule has 2 aromatic carbocycles. The lowest BCUT2D eigenvalue weighted by molar-refractivity contribution is -0.137. The second kappa shape index (κ2) is 8.98. The number of aliphatic carboxylic acids is 1. The van der Waals surface area contributed by atoms with Gasteiger partial charge in [0.2, 0.25) is 0 Å². The highest BCUT2D eigenvalue weighted by Gasteiger charge is 2.29. The van der Waals surface area contributed by atoms with Crippen LogP contribution in [0.5, 0.6) is 11.5 Å². The van der Waals surface area contributed by atoms with Gasteiger partial charge in [0.1, 0.15) is 23.9 Å². The molecule has 3 aliphatic heterocycles. The fraction of sp³-hybridized carbons (Fsp3) is 0.400. The lowest BCUT2D eigenvalue weighted by Crippen LogP contribution is -2.38. The second-order valence-corrected chi connectivity index (χ2v) is 8.79. The maximum absolute atomic E-state index is 13.6. The van der Waals surface area contributed by atoms with Crippen molar-refractivity contribution >= 4 is 22.6 Å². The number of ether oxygens (including phenoxy) is 2. The van der Waals surface area contributed by atoms with E-state index in [1.165, 1.54) is 18.8 Å². The first kappa shape index (κ1) is 22.2. The van der Waals surface area contributed by atoms with Gasteiger partial charge < -0.3 is 24.4 Å². The van der Waals surface area contributed by atoms with Crippen LogP contribution >= 0.6 is 0 Å². The van der Waals surface area contributed by atoms with Crippen LogP contribution in [0.15, 0.2) is 41.2 Å². The van der Waals surface area contributed by atoms with Gasteiger partial charge in [-0.25, -0.2) is 4.98 Å². The number of carboxylic acids is 1. The van der Waals surface area contributed by atoms with E-state index in [1.807, 2.05) is 18.2 Å². The Hall–Kier alpha value is -3.59. The molecule has 2 bridgehead atoms. The van der Waals surface area contributed by atoms with E-state index in [0.29, 0.717) is 34.0 Å². The first-order chi connectivity index (χ1) is 16.5. The highest BCUT2D eigenvalue weighted by molar-refractivity contribution is 5.84. The van der Waals surface area contributed by atoms with E-state index >= 15 is 0 Å². The minimum absolute atomic E-state index is 0.256. The van der Waals surface area contributed by atoms with Crippen LogP contribution < -0.4 is 19.9 Å². The fourth-order valence-electron chi connectivity index (χ4n) is 5.05. The molecule has 178 valence electrons. The average Bonchev–Trinajstić information content (AvgIpc) is 3.19. The fourth-order valence-corrected chi connectivity index (χ4v) is 5.05. The van der Waals surface area contributed by atoms with Gasteiger partial charge in [-0.05, 0) is 43.2 Å². The van der Waals surface area contributed by atoms with Crippen molar-refractivity contribution in [3.63, 3.8) is 0 Å². The van der Waals surface area contributed by atoms with E-state index in [0.717, 1.165) is 44.7 Å². The van der Waals surface area contributed by atoms with Gasteiger partial charge >= 0.3 is 5.97 Å². The summed E-state index contributed by atoms with van der Waals surface area (Å²) in [6.07, 6.45) is 2.21. The van der Waals surface area contributed by atoms with E-state index in [4.69, 9.17) is 14.5 Å². The lowest BCUT2D eigenvalue weighted by atomic mass is 10.0. The van der Waals surface area contributed by atoms with E-state index in [9.17, 15) is 14.7 Å². The third-order valence-electron chi connectivity index (χ3n) is 6.83. The summed E-state index contributed by atoms with van der Waals surface area (Å²) in [5, 5.41) is 9.96. The number of piperidine rings is 1. The molecule has 0 unspecified atom stereocenters. The third-order valence-corrected chi connectivity index (χ3v) is 6.83. The normalized spacial score (nSPS) is 19.8. The zero-order valence-corrected chi connectivity index (χ0v) is 19.4. The van der Waals surface area contributed by atoms with Gasteiger partial charge in [-0.1, -0.05) is 0 Å². The minimum atomic E-state index is -1.12. The van der Waals surface area contributed by atoms with Crippen molar-refractivity contribution in [2.24, 2.45) is 0 Å².